The van der Waals surface area contributed by atoms with E-state index in [4.69, 9.17) is 4.74 Å². The van der Waals surface area contributed by atoms with Crippen LogP contribution in [-0.2, 0) is 21.0 Å². The molecule has 1 heterocycles. The largest absolute Gasteiger partial charge is 0.467 e. The monoisotopic (exact) mass is 381 g/mol. The Bertz CT molecular complexity index is 903. The van der Waals surface area contributed by atoms with E-state index in [-0.39, 0.29) is 23.9 Å². The smallest absolute Gasteiger partial charge is 0.413 e. The van der Waals surface area contributed by atoms with E-state index in [9.17, 15) is 18.0 Å². The average molecular weight is 381 g/mol. The number of ether oxygens (including phenoxy) is 1. The number of nitrogens with zero attached hydrogens (tertiary/aromatic N) is 3. The van der Waals surface area contributed by atoms with E-state index in [1.165, 1.54) is 31.4 Å². The van der Waals surface area contributed by atoms with Crippen LogP contribution >= 0.6 is 0 Å². The number of carbonyl (C=O) groups excluding carboxylic acids is 2. The first-order valence-electron chi connectivity index (χ1n) is 7.14. The molecule has 0 aliphatic heterocycles. The van der Waals surface area contributed by atoms with E-state index in [0.717, 1.165) is 0 Å². The minimum atomic E-state index is -4.64. The summed E-state index contributed by atoms with van der Waals surface area (Å²) in [6.45, 7) is 1.40. The second-order valence-electron chi connectivity index (χ2n) is 4.76. The zero-order valence-corrected chi connectivity index (χ0v) is 14.6. The van der Waals surface area contributed by atoms with Crippen molar-refractivity contribution in [3.63, 3.8) is 0 Å². The van der Waals surface area contributed by atoms with Gasteiger partial charge < -0.3 is 14.2 Å². The summed E-state index contributed by atoms with van der Waals surface area (Å²) in [7, 11) is -3.28. The molecule has 2 rings (SSSR count). The summed E-state index contributed by atoms with van der Waals surface area (Å²) in [5.74, 6) is -0.606. The molecule has 1 aromatic heterocycles. The first kappa shape index (κ1) is 19.1. The maximum Gasteiger partial charge on any atom is 0.413 e. The van der Waals surface area contributed by atoms with Crippen molar-refractivity contribution in [2.75, 3.05) is 7.11 Å². The number of methoxy groups -OCH3 is 1. The van der Waals surface area contributed by atoms with Crippen LogP contribution in [0.25, 0.3) is 0 Å². The van der Waals surface area contributed by atoms with Crippen molar-refractivity contribution in [1.29, 1.82) is 0 Å². The number of benzene rings is 1. The highest BCUT2D eigenvalue weighted by Gasteiger charge is 2.21. The van der Waals surface area contributed by atoms with Gasteiger partial charge in [-0.25, -0.2) is 19.3 Å². The first-order valence-corrected chi connectivity index (χ1v) is 8.55. The Morgan fingerprint density at radius 3 is 2.46 bits per heavy atom. The molecule has 2 aromatic rings. The summed E-state index contributed by atoms with van der Waals surface area (Å²) >= 11 is 0. The quantitative estimate of drug-likeness (QED) is 0.709. The van der Waals surface area contributed by atoms with Gasteiger partial charge in [0.05, 0.1) is 19.2 Å². The van der Waals surface area contributed by atoms with Crippen LogP contribution in [0.2, 0.25) is 0 Å². The molecule has 11 nitrogen and oxygen atoms in total. The summed E-state index contributed by atoms with van der Waals surface area (Å²) in [6.07, 6.45) is 0. The van der Waals surface area contributed by atoms with Gasteiger partial charge in [0.2, 0.25) is 0 Å². The Hall–Kier alpha value is -3.28. The topological polar surface area (TPSA) is 149 Å². The summed E-state index contributed by atoms with van der Waals surface area (Å²) < 4.78 is 34.1. The average Bonchev–Trinajstić information content (AvgIpc) is 2.59. The van der Waals surface area contributed by atoms with Gasteiger partial charge in [-0.1, -0.05) is 18.2 Å². The van der Waals surface area contributed by atoms with Crippen LogP contribution in [0, 0.1) is 6.92 Å². The van der Waals surface area contributed by atoms with Crippen LogP contribution in [0.1, 0.15) is 22.0 Å². The molecular weight excluding hydrogens is 366 g/mol. The zero-order chi connectivity index (χ0) is 19.2. The van der Waals surface area contributed by atoms with Crippen molar-refractivity contribution >= 4 is 22.3 Å². The minimum Gasteiger partial charge on any atom is -0.467 e. The fourth-order valence-corrected chi connectivity index (χ4v) is 2.37. The fourth-order valence-electron chi connectivity index (χ4n) is 1.73. The van der Waals surface area contributed by atoms with E-state index < -0.39 is 22.3 Å². The number of rotatable bonds is 6. The lowest BCUT2D eigenvalue weighted by Crippen LogP contribution is -2.40. The molecule has 0 fully saturated rings. The Morgan fingerprint density at radius 2 is 1.81 bits per heavy atom. The van der Waals surface area contributed by atoms with Crippen molar-refractivity contribution in [2.45, 2.75) is 13.5 Å². The van der Waals surface area contributed by atoms with Crippen molar-refractivity contribution in [3.8, 4) is 6.01 Å². The molecule has 0 saturated heterocycles. The van der Waals surface area contributed by atoms with Gasteiger partial charge in [0, 0.05) is 0 Å². The van der Waals surface area contributed by atoms with E-state index in [1.54, 1.807) is 17.7 Å². The van der Waals surface area contributed by atoms with Crippen LogP contribution in [-0.4, -0.2) is 42.5 Å². The Kier molecular flexibility index (Phi) is 6.01. The molecule has 0 aliphatic carbocycles. The second kappa shape index (κ2) is 8.20. The molecule has 0 unspecified atom stereocenters. The maximum absolute atomic E-state index is 11.7. The fraction of sp³-hybridized carbons (Fsp3) is 0.214. The van der Waals surface area contributed by atoms with Crippen LogP contribution < -0.4 is 14.8 Å². The molecule has 0 atom stereocenters. The van der Waals surface area contributed by atoms with Crippen LogP contribution in [0.3, 0.4) is 0 Å². The van der Waals surface area contributed by atoms with Crippen molar-refractivity contribution < 1.29 is 26.9 Å². The minimum absolute atomic E-state index is 0.0195. The maximum atomic E-state index is 11.7. The van der Waals surface area contributed by atoms with Crippen molar-refractivity contribution in [2.24, 2.45) is 0 Å². The number of carbonyl (C=O) groups is 2. The number of amides is 2. The number of aromatic nitrogens is 3. The van der Waals surface area contributed by atoms with Gasteiger partial charge in [0.15, 0.2) is 5.82 Å². The van der Waals surface area contributed by atoms with Gasteiger partial charge in [0.1, 0.15) is 5.82 Å². The van der Waals surface area contributed by atoms with E-state index in [1.807, 2.05) is 0 Å². The molecule has 12 heteroatoms. The third-order valence-electron chi connectivity index (χ3n) is 2.78. The molecule has 138 valence electrons. The standard InChI is InChI=1S/C14H15N5O6S/c1-9-16-11(18-14(17-9)24-2)8-15-13(21)19-26(22,23)25-12(20)10-6-4-3-5-7-10/h3-7H,8H2,1-2H3,(H2,15,19,21). The highest BCUT2D eigenvalue weighted by Crippen LogP contribution is 2.04. The van der Waals surface area contributed by atoms with Crippen molar-refractivity contribution in [1.82, 2.24) is 25.0 Å². The Balaban J connectivity index is 1.92. The number of hydrogen-bond acceptors (Lipinski definition) is 9. The first-order chi connectivity index (χ1) is 12.3. The van der Waals surface area contributed by atoms with Crippen LogP contribution in [0.15, 0.2) is 30.3 Å². The zero-order valence-electron chi connectivity index (χ0n) is 13.8. The molecule has 0 bridgehead atoms. The molecule has 0 aliphatic rings. The van der Waals surface area contributed by atoms with Gasteiger partial charge in [-0.05, 0) is 19.1 Å². The summed E-state index contributed by atoms with van der Waals surface area (Å²) in [5, 5.41) is 2.22. The van der Waals surface area contributed by atoms with Crippen LogP contribution in [0.5, 0.6) is 6.01 Å². The van der Waals surface area contributed by atoms with E-state index >= 15 is 0 Å². The number of aryl methyl sites for hydroxylation is 1. The Morgan fingerprint density at radius 1 is 1.12 bits per heavy atom. The molecule has 26 heavy (non-hydrogen) atoms. The lowest BCUT2D eigenvalue weighted by atomic mass is 10.2. The molecule has 2 N–H and O–H groups in total. The molecule has 0 radical (unpaired) electrons. The molecule has 0 spiro atoms. The predicted molar refractivity (Wildman–Crippen MR) is 87.3 cm³/mol. The van der Waals surface area contributed by atoms with Gasteiger partial charge in [0.25, 0.3) is 0 Å². The lowest BCUT2D eigenvalue weighted by Gasteiger charge is -2.08. The van der Waals surface area contributed by atoms with E-state index in [0.29, 0.717) is 5.82 Å². The predicted octanol–water partition coefficient (Wildman–Crippen LogP) is 0.0896. The number of nitrogens with one attached hydrogen (secondary N) is 2. The molecule has 0 saturated carbocycles. The highest BCUT2D eigenvalue weighted by molar-refractivity contribution is 7.85. The van der Waals surface area contributed by atoms with Gasteiger partial charge in [-0.2, -0.15) is 18.4 Å². The molecule has 2 amide bonds. The number of urea groups is 1. The van der Waals surface area contributed by atoms with Gasteiger partial charge in [-0.3, -0.25) is 0 Å². The van der Waals surface area contributed by atoms with Gasteiger partial charge >= 0.3 is 28.3 Å². The highest BCUT2D eigenvalue weighted by atomic mass is 32.2. The SMILES string of the molecule is COc1nc(C)nc(CNC(=O)NS(=O)(=O)OC(=O)c2ccccc2)n1. The lowest BCUT2D eigenvalue weighted by molar-refractivity contribution is 0.0745. The summed E-state index contributed by atoms with van der Waals surface area (Å²) in [5.41, 5.74) is 0.0195. The molecule has 1 aromatic carbocycles. The van der Waals surface area contributed by atoms with Gasteiger partial charge in [-0.15, -0.1) is 0 Å². The number of hydrogen-bond donors (Lipinski definition) is 2. The summed E-state index contributed by atoms with van der Waals surface area (Å²) in [6, 6.07) is 6.39. The molecular formula is C14H15N5O6S. The third-order valence-corrected chi connectivity index (χ3v) is 3.58. The third kappa shape index (κ3) is 5.66. The van der Waals surface area contributed by atoms with Crippen molar-refractivity contribution in [3.05, 3.63) is 47.5 Å². The van der Waals surface area contributed by atoms with E-state index in [2.05, 4.69) is 24.5 Å². The normalized spacial score (nSPS) is 10.7. The second-order valence-corrected chi connectivity index (χ2v) is 6.04. The Labute approximate surface area is 149 Å². The van der Waals surface area contributed by atoms with Crippen LogP contribution in [0.4, 0.5) is 4.79 Å². The summed E-state index contributed by atoms with van der Waals surface area (Å²) in [4.78, 5) is 35.1.